The molecule has 21 heavy (non-hydrogen) atoms. The zero-order chi connectivity index (χ0) is 15.2. The van der Waals surface area contributed by atoms with Crippen molar-refractivity contribution >= 4 is 44.4 Å². The number of amides is 2. The van der Waals surface area contributed by atoms with E-state index in [-0.39, 0.29) is 19.0 Å². The molecule has 2 amide bonds. The maximum Gasteiger partial charge on any atom is 0.321 e. The standard InChI is InChI=1S/C13H12BrN3O3S/c14-10-7-16-13(21-10)17-12(20)15-6-9-4-2-1-3-8(9)5-11(18)19/h1-4,7H,5-6H2,(H,18,19)(H2,15,16,17,20). The van der Waals surface area contributed by atoms with E-state index >= 15 is 0 Å². The lowest BCUT2D eigenvalue weighted by molar-refractivity contribution is -0.136. The normalized spacial score (nSPS) is 10.1. The number of anilines is 1. The number of carboxylic acids is 1. The molecule has 3 N–H and O–H groups in total. The Morgan fingerprint density at radius 1 is 1.29 bits per heavy atom. The fraction of sp³-hybridized carbons (Fsp3) is 0.154. The fourth-order valence-electron chi connectivity index (χ4n) is 1.69. The summed E-state index contributed by atoms with van der Waals surface area (Å²) in [5.41, 5.74) is 1.46. The zero-order valence-corrected chi connectivity index (χ0v) is 13.2. The summed E-state index contributed by atoms with van der Waals surface area (Å²) >= 11 is 4.56. The number of hydrogen-bond donors (Lipinski definition) is 3. The van der Waals surface area contributed by atoms with Crippen LogP contribution in [0.1, 0.15) is 11.1 Å². The highest BCUT2D eigenvalue weighted by molar-refractivity contribution is 9.11. The van der Waals surface area contributed by atoms with E-state index in [4.69, 9.17) is 5.11 Å². The first kappa shape index (κ1) is 15.5. The smallest absolute Gasteiger partial charge is 0.321 e. The van der Waals surface area contributed by atoms with Crippen LogP contribution < -0.4 is 10.6 Å². The molecule has 0 aliphatic carbocycles. The maximum atomic E-state index is 11.7. The minimum Gasteiger partial charge on any atom is -0.481 e. The van der Waals surface area contributed by atoms with Gasteiger partial charge in [-0.3, -0.25) is 10.1 Å². The summed E-state index contributed by atoms with van der Waals surface area (Å²) in [7, 11) is 0. The number of rotatable bonds is 5. The summed E-state index contributed by atoms with van der Waals surface area (Å²) in [6.45, 7) is 0.252. The van der Waals surface area contributed by atoms with E-state index in [9.17, 15) is 9.59 Å². The minimum atomic E-state index is -0.903. The van der Waals surface area contributed by atoms with Crippen molar-refractivity contribution in [3.63, 3.8) is 0 Å². The highest BCUT2D eigenvalue weighted by Gasteiger charge is 2.09. The molecular formula is C13H12BrN3O3S. The minimum absolute atomic E-state index is 0.0705. The Balaban J connectivity index is 1.93. The Morgan fingerprint density at radius 3 is 2.62 bits per heavy atom. The van der Waals surface area contributed by atoms with Crippen LogP contribution in [0.15, 0.2) is 34.2 Å². The molecule has 0 aliphatic heterocycles. The Morgan fingerprint density at radius 2 is 2.00 bits per heavy atom. The van der Waals surface area contributed by atoms with Crippen LogP contribution >= 0.6 is 27.3 Å². The summed E-state index contributed by atoms with van der Waals surface area (Å²) in [5.74, 6) is -0.903. The third-order valence-electron chi connectivity index (χ3n) is 2.60. The highest BCUT2D eigenvalue weighted by atomic mass is 79.9. The largest absolute Gasteiger partial charge is 0.481 e. The Hall–Kier alpha value is -1.93. The number of nitrogens with one attached hydrogen (secondary N) is 2. The molecule has 0 saturated heterocycles. The van der Waals surface area contributed by atoms with Crippen molar-refractivity contribution in [2.75, 3.05) is 5.32 Å². The topological polar surface area (TPSA) is 91.3 Å². The molecule has 0 radical (unpaired) electrons. The van der Waals surface area contributed by atoms with Crippen molar-refractivity contribution in [3.8, 4) is 0 Å². The third kappa shape index (κ3) is 4.83. The Labute approximate surface area is 133 Å². The van der Waals surface area contributed by atoms with Crippen LogP contribution in [0.25, 0.3) is 0 Å². The summed E-state index contributed by atoms with van der Waals surface area (Å²) in [4.78, 5) is 26.5. The van der Waals surface area contributed by atoms with Gasteiger partial charge in [-0.15, -0.1) is 0 Å². The molecule has 8 heteroatoms. The van der Waals surface area contributed by atoms with E-state index in [0.29, 0.717) is 10.7 Å². The number of thiazole rings is 1. The van der Waals surface area contributed by atoms with E-state index < -0.39 is 5.97 Å². The van der Waals surface area contributed by atoms with Gasteiger partial charge < -0.3 is 10.4 Å². The molecule has 0 saturated carbocycles. The van der Waals surface area contributed by atoms with Crippen molar-refractivity contribution in [2.45, 2.75) is 13.0 Å². The molecular weight excluding hydrogens is 358 g/mol. The van der Waals surface area contributed by atoms with Crippen LogP contribution in [-0.2, 0) is 17.8 Å². The first-order chi connectivity index (χ1) is 10.0. The molecule has 0 spiro atoms. The van der Waals surface area contributed by atoms with Crippen LogP contribution in [0.5, 0.6) is 0 Å². The van der Waals surface area contributed by atoms with Crippen LogP contribution in [0.2, 0.25) is 0 Å². The lowest BCUT2D eigenvalue weighted by Gasteiger charge is -2.09. The maximum absolute atomic E-state index is 11.7. The van der Waals surface area contributed by atoms with E-state index in [0.717, 1.165) is 9.35 Å². The number of benzene rings is 1. The van der Waals surface area contributed by atoms with Gasteiger partial charge in [0, 0.05) is 6.54 Å². The second kappa shape index (κ2) is 7.19. The predicted octanol–water partition coefficient (Wildman–Crippen LogP) is 2.85. The molecule has 2 rings (SSSR count). The summed E-state index contributed by atoms with van der Waals surface area (Å²) < 4.78 is 0.824. The highest BCUT2D eigenvalue weighted by Crippen LogP contribution is 2.22. The number of carboxylic acid groups (broad SMARTS) is 1. The van der Waals surface area contributed by atoms with Gasteiger partial charge in [-0.05, 0) is 27.1 Å². The van der Waals surface area contributed by atoms with Gasteiger partial charge in [-0.2, -0.15) is 0 Å². The van der Waals surface area contributed by atoms with Crippen LogP contribution in [0.4, 0.5) is 9.93 Å². The van der Waals surface area contributed by atoms with Gasteiger partial charge in [-0.1, -0.05) is 35.6 Å². The molecule has 110 valence electrons. The van der Waals surface area contributed by atoms with Crippen molar-refractivity contribution < 1.29 is 14.7 Å². The second-order valence-electron chi connectivity index (χ2n) is 4.12. The predicted molar refractivity (Wildman–Crippen MR) is 83.5 cm³/mol. The molecule has 2 aromatic rings. The van der Waals surface area contributed by atoms with Gasteiger partial charge in [0.2, 0.25) is 0 Å². The lowest BCUT2D eigenvalue weighted by Crippen LogP contribution is -2.28. The number of aliphatic carboxylic acids is 1. The van der Waals surface area contributed by atoms with Crippen molar-refractivity contribution in [1.82, 2.24) is 10.3 Å². The molecule has 6 nitrogen and oxygen atoms in total. The molecule has 0 aliphatic rings. The molecule has 0 bridgehead atoms. The van der Waals surface area contributed by atoms with Gasteiger partial charge in [0.1, 0.15) is 0 Å². The molecule has 0 unspecified atom stereocenters. The number of aromatic nitrogens is 1. The van der Waals surface area contributed by atoms with Gasteiger partial charge in [-0.25, -0.2) is 9.78 Å². The molecule has 1 aromatic carbocycles. The van der Waals surface area contributed by atoms with E-state index in [1.54, 1.807) is 30.5 Å². The summed E-state index contributed by atoms with van der Waals surface area (Å²) in [6, 6.07) is 6.72. The number of halogens is 1. The average molecular weight is 370 g/mol. The van der Waals surface area contributed by atoms with Crippen molar-refractivity contribution in [1.29, 1.82) is 0 Å². The second-order valence-corrected chi connectivity index (χ2v) is 6.53. The van der Waals surface area contributed by atoms with Gasteiger partial charge in [0.25, 0.3) is 0 Å². The molecule has 1 aromatic heterocycles. The Bertz CT molecular complexity index is 660. The van der Waals surface area contributed by atoms with Gasteiger partial charge in [0.15, 0.2) is 5.13 Å². The quantitative estimate of drug-likeness (QED) is 0.755. The van der Waals surface area contributed by atoms with Crippen LogP contribution in [-0.4, -0.2) is 22.1 Å². The molecule has 1 heterocycles. The van der Waals surface area contributed by atoms with Crippen LogP contribution in [0, 0.1) is 0 Å². The number of hydrogen-bond acceptors (Lipinski definition) is 4. The van der Waals surface area contributed by atoms with Crippen LogP contribution in [0.3, 0.4) is 0 Å². The van der Waals surface area contributed by atoms with Crippen molar-refractivity contribution in [2.24, 2.45) is 0 Å². The zero-order valence-electron chi connectivity index (χ0n) is 10.8. The average Bonchev–Trinajstić information content (AvgIpc) is 2.82. The molecule has 0 fully saturated rings. The number of carbonyl (C=O) groups excluding carboxylic acids is 1. The van der Waals surface area contributed by atoms with E-state index in [2.05, 4.69) is 31.5 Å². The number of urea groups is 1. The monoisotopic (exact) mass is 369 g/mol. The molecule has 0 atom stereocenters. The Kier molecular flexibility index (Phi) is 5.29. The number of carbonyl (C=O) groups is 2. The lowest BCUT2D eigenvalue weighted by atomic mass is 10.0. The van der Waals surface area contributed by atoms with E-state index in [1.807, 2.05) is 0 Å². The fourth-order valence-corrected chi connectivity index (χ4v) is 2.80. The SMILES string of the molecule is O=C(O)Cc1ccccc1CNC(=O)Nc1ncc(Br)s1. The summed E-state index contributed by atoms with van der Waals surface area (Å²) in [6.07, 6.45) is 1.53. The van der Waals surface area contributed by atoms with E-state index in [1.165, 1.54) is 11.3 Å². The summed E-state index contributed by atoms with van der Waals surface area (Å²) in [5, 5.41) is 14.6. The third-order valence-corrected chi connectivity index (χ3v) is 3.99. The van der Waals surface area contributed by atoms with Crippen molar-refractivity contribution in [3.05, 3.63) is 45.4 Å². The number of nitrogens with zero attached hydrogens (tertiary/aromatic N) is 1. The first-order valence-electron chi connectivity index (χ1n) is 5.99. The van der Waals surface area contributed by atoms with Gasteiger partial charge in [0.05, 0.1) is 16.4 Å². The van der Waals surface area contributed by atoms with Gasteiger partial charge >= 0.3 is 12.0 Å². The first-order valence-corrected chi connectivity index (χ1v) is 7.60.